The second kappa shape index (κ2) is 6.21. The minimum Gasteiger partial charge on any atom is -0.478 e. The summed E-state index contributed by atoms with van der Waals surface area (Å²) in [5.41, 5.74) is 6.77. The van der Waals surface area contributed by atoms with Gasteiger partial charge in [0.15, 0.2) is 0 Å². The van der Waals surface area contributed by atoms with Crippen LogP contribution in [0.2, 0.25) is 0 Å². The Morgan fingerprint density at radius 1 is 1.20 bits per heavy atom. The number of primary amides is 1. The number of aromatic nitrogens is 1. The van der Waals surface area contributed by atoms with Crippen LogP contribution >= 0.6 is 11.8 Å². The van der Waals surface area contributed by atoms with Gasteiger partial charge in [-0.3, -0.25) is 4.79 Å². The van der Waals surface area contributed by atoms with Crippen LogP contribution in [0.4, 0.5) is 0 Å². The first-order chi connectivity index (χ1) is 9.58. The van der Waals surface area contributed by atoms with Gasteiger partial charge in [-0.1, -0.05) is 18.2 Å². The molecule has 5 nitrogen and oxygen atoms in total. The highest BCUT2D eigenvalue weighted by Crippen LogP contribution is 2.22. The molecule has 1 aromatic carbocycles. The molecule has 0 radical (unpaired) electrons. The molecule has 0 aliphatic heterocycles. The molecule has 6 heteroatoms. The fourth-order valence-corrected chi connectivity index (χ4v) is 2.48. The van der Waals surface area contributed by atoms with Gasteiger partial charge in [-0.15, -0.1) is 11.8 Å². The van der Waals surface area contributed by atoms with Crippen LogP contribution in [0.3, 0.4) is 0 Å². The van der Waals surface area contributed by atoms with Crippen molar-refractivity contribution < 1.29 is 14.7 Å². The lowest BCUT2D eigenvalue weighted by Gasteiger charge is -2.06. The molecular weight excluding hydrogens is 276 g/mol. The van der Waals surface area contributed by atoms with Gasteiger partial charge in [0.05, 0.1) is 10.6 Å². The van der Waals surface area contributed by atoms with E-state index in [-0.39, 0.29) is 5.56 Å². The summed E-state index contributed by atoms with van der Waals surface area (Å²) < 4.78 is 0. The highest BCUT2D eigenvalue weighted by atomic mass is 32.2. The van der Waals surface area contributed by atoms with Crippen LogP contribution in [-0.4, -0.2) is 22.0 Å². The normalized spacial score (nSPS) is 10.2. The van der Waals surface area contributed by atoms with Gasteiger partial charge in [-0.25, -0.2) is 9.78 Å². The number of carboxylic acids is 1. The topological polar surface area (TPSA) is 93.3 Å². The summed E-state index contributed by atoms with van der Waals surface area (Å²) in [5, 5.41) is 9.47. The molecule has 0 aliphatic rings. The summed E-state index contributed by atoms with van der Waals surface area (Å²) in [4.78, 5) is 26.1. The smallest absolute Gasteiger partial charge is 0.337 e. The quantitative estimate of drug-likeness (QED) is 0.822. The SMILES string of the molecule is NC(=O)c1ccccc1CSc1ccc(C(=O)O)cn1. The summed E-state index contributed by atoms with van der Waals surface area (Å²) >= 11 is 1.41. The number of aromatic carboxylic acids is 1. The van der Waals surface area contributed by atoms with Gasteiger partial charge in [-0.2, -0.15) is 0 Å². The molecule has 0 fully saturated rings. The molecule has 0 bridgehead atoms. The van der Waals surface area contributed by atoms with Gasteiger partial charge in [0.25, 0.3) is 0 Å². The van der Waals surface area contributed by atoms with Gasteiger partial charge < -0.3 is 10.8 Å². The lowest BCUT2D eigenvalue weighted by Crippen LogP contribution is -2.13. The Labute approximate surface area is 119 Å². The van der Waals surface area contributed by atoms with Crippen LogP contribution in [0.25, 0.3) is 0 Å². The number of hydrogen-bond donors (Lipinski definition) is 2. The van der Waals surface area contributed by atoms with Crippen molar-refractivity contribution in [2.24, 2.45) is 5.73 Å². The lowest BCUT2D eigenvalue weighted by molar-refractivity contribution is 0.0696. The van der Waals surface area contributed by atoms with Gasteiger partial charge in [-0.05, 0) is 23.8 Å². The first-order valence-corrected chi connectivity index (χ1v) is 6.76. The predicted octanol–water partition coefficient (Wildman–Crippen LogP) is 2.17. The third kappa shape index (κ3) is 3.36. The van der Waals surface area contributed by atoms with E-state index in [0.29, 0.717) is 16.3 Å². The Morgan fingerprint density at radius 2 is 1.95 bits per heavy atom. The third-order valence-electron chi connectivity index (χ3n) is 2.64. The van der Waals surface area contributed by atoms with Crippen LogP contribution < -0.4 is 5.73 Å². The number of carbonyl (C=O) groups excluding carboxylic acids is 1. The highest BCUT2D eigenvalue weighted by molar-refractivity contribution is 7.98. The number of nitrogens with two attached hydrogens (primary N) is 1. The zero-order chi connectivity index (χ0) is 14.5. The third-order valence-corrected chi connectivity index (χ3v) is 3.63. The zero-order valence-corrected chi connectivity index (χ0v) is 11.3. The van der Waals surface area contributed by atoms with E-state index in [1.54, 1.807) is 18.2 Å². The molecule has 2 aromatic rings. The molecule has 1 heterocycles. The average molecular weight is 288 g/mol. The van der Waals surface area contributed by atoms with Gasteiger partial charge >= 0.3 is 5.97 Å². The monoisotopic (exact) mass is 288 g/mol. The van der Waals surface area contributed by atoms with Crippen LogP contribution in [0.15, 0.2) is 47.6 Å². The molecule has 2 rings (SSSR count). The van der Waals surface area contributed by atoms with E-state index in [0.717, 1.165) is 5.56 Å². The van der Waals surface area contributed by atoms with Crippen LogP contribution in [0, 0.1) is 0 Å². The molecule has 1 aromatic heterocycles. The number of carboxylic acid groups (broad SMARTS) is 1. The molecule has 0 saturated carbocycles. The summed E-state index contributed by atoms with van der Waals surface area (Å²) in [7, 11) is 0. The number of amides is 1. The van der Waals surface area contributed by atoms with Crippen molar-refractivity contribution in [1.82, 2.24) is 4.98 Å². The zero-order valence-electron chi connectivity index (χ0n) is 10.4. The van der Waals surface area contributed by atoms with Crippen LogP contribution in [-0.2, 0) is 5.75 Å². The first-order valence-electron chi connectivity index (χ1n) is 5.78. The van der Waals surface area contributed by atoms with Crippen molar-refractivity contribution in [3.63, 3.8) is 0 Å². The van der Waals surface area contributed by atoms with E-state index in [1.165, 1.54) is 24.0 Å². The number of rotatable bonds is 5. The molecule has 0 aliphatic carbocycles. The van der Waals surface area contributed by atoms with Crippen LogP contribution in [0.5, 0.6) is 0 Å². The summed E-state index contributed by atoms with van der Waals surface area (Å²) in [6.07, 6.45) is 1.31. The molecule has 0 atom stereocenters. The lowest BCUT2D eigenvalue weighted by atomic mass is 10.1. The molecular formula is C14H12N2O3S. The van der Waals surface area contributed by atoms with Crippen LogP contribution in [0.1, 0.15) is 26.3 Å². The molecule has 0 unspecified atom stereocenters. The van der Waals surface area contributed by atoms with Crippen molar-refractivity contribution in [2.75, 3.05) is 0 Å². The molecule has 0 saturated heterocycles. The number of pyridine rings is 1. The molecule has 1 amide bonds. The molecule has 3 N–H and O–H groups in total. The fourth-order valence-electron chi connectivity index (χ4n) is 1.63. The fraction of sp³-hybridized carbons (Fsp3) is 0.0714. The minimum atomic E-state index is -1.01. The van der Waals surface area contributed by atoms with E-state index < -0.39 is 11.9 Å². The summed E-state index contributed by atoms with van der Waals surface area (Å²) in [6, 6.07) is 10.2. The van der Waals surface area contributed by atoms with Crippen molar-refractivity contribution in [2.45, 2.75) is 10.8 Å². The number of carbonyl (C=O) groups is 2. The van der Waals surface area contributed by atoms with E-state index in [1.807, 2.05) is 12.1 Å². The van der Waals surface area contributed by atoms with E-state index in [4.69, 9.17) is 10.8 Å². The minimum absolute atomic E-state index is 0.145. The highest BCUT2D eigenvalue weighted by Gasteiger charge is 2.08. The van der Waals surface area contributed by atoms with Crippen molar-refractivity contribution in [3.05, 3.63) is 59.3 Å². The van der Waals surface area contributed by atoms with Crippen molar-refractivity contribution >= 4 is 23.6 Å². The number of thioether (sulfide) groups is 1. The number of benzene rings is 1. The average Bonchev–Trinajstić information content (AvgIpc) is 2.45. The first kappa shape index (κ1) is 14.1. The van der Waals surface area contributed by atoms with Gasteiger partial charge in [0.1, 0.15) is 0 Å². The molecule has 0 spiro atoms. The maximum atomic E-state index is 11.3. The number of hydrogen-bond acceptors (Lipinski definition) is 4. The van der Waals surface area contributed by atoms with E-state index in [9.17, 15) is 9.59 Å². The predicted molar refractivity (Wildman–Crippen MR) is 75.7 cm³/mol. The second-order valence-electron chi connectivity index (χ2n) is 4.00. The maximum absolute atomic E-state index is 11.3. The Morgan fingerprint density at radius 3 is 2.55 bits per heavy atom. The standard InChI is InChI=1S/C14H12N2O3S/c15-13(17)11-4-2-1-3-10(11)8-20-12-6-5-9(7-16-12)14(18)19/h1-7H,8H2,(H2,15,17)(H,18,19). The largest absolute Gasteiger partial charge is 0.478 e. The van der Waals surface area contributed by atoms with Gasteiger partial charge in [0, 0.05) is 17.5 Å². The Kier molecular flexibility index (Phi) is 4.37. The Bertz CT molecular complexity index is 641. The Hall–Kier alpha value is -2.34. The van der Waals surface area contributed by atoms with Crippen molar-refractivity contribution in [1.29, 1.82) is 0 Å². The van der Waals surface area contributed by atoms with Gasteiger partial charge in [0.2, 0.25) is 5.91 Å². The van der Waals surface area contributed by atoms with Crippen molar-refractivity contribution in [3.8, 4) is 0 Å². The Balaban J connectivity index is 2.09. The summed E-state index contributed by atoms with van der Waals surface area (Å²) in [6.45, 7) is 0. The van der Waals surface area contributed by atoms with E-state index >= 15 is 0 Å². The molecule has 102 valence electrons. The van der Waals surface area contributed by atoms with E-state index in [2.05, 4.69) is 4.98 Å². The number of nitrogens with zero attached hydrogens (tertiary/aromatic N) is 1. The molecule has 20 heavy (non-hydrogen) atoms. The maximum Gasteiger partial charge on any atom is 0.337 e. The summed E-state index contributed by atoms with van der Waals surface area (Å²) in [5.74, 6) is -0.929. The second-order valence-corrected chi connectivity index (χ2v) is 5.00.